The number of nitrogens with zero attached hydrogens (tertiary/aromatic N) is 9. The van der Waals surface area contributed by atoms with Crippen molar-refractivity contribution in [3.8, 4) is 0 Å². The minimum Gasteiger partial charge on any atom is -0.477 e. The molecule has 0 bridgehead atoms. The Hall–Kier alpha value is -8.05. The van der Waals surface area contributed by atoms with E-state index in [0.717, 1.165) is 24.2 Å². The Morgan fingerprint density at radius 1 is 0.468 bits per heavy atom. The van der Waals surface area contributed by atoms with Crippen molar-refractivity contribution in [3.63, 3.8) is 0 Å². The molecule has 79 heavy (non-hydrogen) atoms. The van der Waals surface area contributed by atoms with E-state index in [4.69, 9.17) is 25.5 Å². The predicted molar refractivity (Wildman–Crippen MR) is 310 cm³/mol. The van der Waals surface area contributed by atoms with E-state index in [2.05, 4.69) is 38.3 Å². The summed E-state index contributed by atoms with van der Waals surface area (Å²) in [5, 5.41) is 35.1. The first kappa shape index (κ1) is 75.2. The van der Waals surface area contributed by atoms with Crippen molar-refractivity contribution in [2.75, 3.05) is 32.8 Å². The van der Waals surface area contributed by atoms with Gasteiger partial charge in [-0.25, -0.2) is 34.2 Å². The summed E-state index contributed by atoms with van der Waals surface area (Å²) in [6.07, 6.45) is 0. The number of carboxylic acid groups (broad SMARTS) is 2. The molecule has 6 aromatic rings. The number of nitrogens with two attached hydrogens (primary N) is 1. The number of aromatic nitrogens is 6. The number of ether oxygens (including phenoxy) is 2. The van der Waals surface area contributed by atoms with Gasteiger partial charge in [0, 0.05) is 77.1 Å². The van der Waals surface area contributed by atoms with Gasteiger partial charge in [-0.05, 0) is 51.3 Å². The van der Waals surface area contributed by atoms with E-state index in [0.29, 0.717) is 51.5 Å². The Labute approximate surface area is 468 Å². The summed E-state index contributed by atoms with van der Waals surface area (Å²) in [5.74, 6) is 1.57. The lowest BCUT2D eigenvalue weighted by Gasteiger charge is -2.21. The molecule has 22 nitrogen and oxygen atoms in total. The van der Waals surface area contributed by atoms with E-state index in [1.807, 2.05) is 112 Å². The fourth-order valence-corrected chi connectivity index (χ4v) is 6.63. The Morgan fingerprint density at radius 3 is 1.08 bits per heavy atom. The maximum absolute atomic E-state index is 12.6. The molecule has 0 saturated carbocycles. The van der Waals surface area contributed by atoms with Crippen LogP contribution in [-0.4, -0.2) is 123 Å². The average molecular weight is 1100 g/mol. The van der Waals surface area contributed by atoms with Crippen molar-refractivity contribution < 1.29 is 48.5 Å². The summed E-state index contributed by atoms with van der Waals surface area (Å²) in [6.45, 7) is 20.7. The fourth-order valence-electron chi connectivity index (χ4n) is 6.63. The number of carboxylic acids is 2. The first-order valence-electron chi connectivity index (χ1n) is 24.3. The smallest absolute Gasteiger partial charge is 0.358 e. The second kappa shape index (κ2) is 40.2. The third-order valence-electron chi connectivity index (χ3n) is 10.5. The molecule has 22 heteroatoms. The number of amides is 2. The molecule has 0 aliphatic rings. The number of hydrazine groups is 3. The maximum Gasteiger partial charge on any atom is 0.358 e. The molecule has 0 spiro atoms. The highest BCUT2D eigenvalue weighted by Crippen LogP contribution is 2.11. The summed E-state index contributed by atoms with van der Waals surface area (Å²) < 4.78 is 13.8. The molecule has 0 fully saturated rings. The second-order valence-corrected chi connectivity index (χ2v) is 15.7. The number of nitrogens with one attached hydrogen (secondary N) is 2. The Morgan fingerprint density at radius 2 is 0.785 bits per heavy atom. The molecule has 0 saturated heterocycles. The zero-order valence-corrected chi connectivity index (χ0v) is 43.4. The third kappa shape index (κ3) is 24.9. The summed E-state index contributed by atoms with van der Waals surface area (Å²) in [7, 11) is 0. The molecule has 0 aliphatic heterocycles. The van der Waals surface area contributed by atoms with Gasteiger partial charge in [0.15, 0.2) is 17.1 Å². The predicted octanol–water partition coefficient (Wildman–Crippen LogP) is 9.36. The number of aromatic carboxylic acids is 2. The molecule has 0 atom stereocenters. The number of carbonyl (C=O) groups is 6. The Balaban J connectivity index is -0.000000993. The minimum atomic E-state index is -1.15. The SMILES string of the molecule is C.C.C.C.C.CCN(Cc1ccccc1)NC(=O)c1cc(C(=O)O)nn1CC.CCN(N)Cc1ccccc1.CCOC(=O)c1cc(C(=O)NN(CC)Cc2ccccc2)n(CC)n1.CCOC(=O)c1cc(C(=O)O)n(CC)n1. The quantitative estimate of drug-likeness (QED) is 0.0240. The highest BCUT2D eigenvalue weighted by atomic mass is 16.5. The number of hydrogen-bond acceptors (Lipinski definition) is 15. The van der Waals surface area contributed by atoms with Gasteiger partial charge >= 0.3 is 23.9 Å². The Kier molecular flexibility index (Phi) is 38.3. The first-order chi connectivity index (χ1) is 35.5. The van der Waals surface area contributed by atoms with Gasteiger partial charge in [-0.3, -0.25) is 40.3 Å². The van der Waals surface area contributed by atoms with Crippen molar-refractivity contribution in [1.29, 1.82) is 0 Å². The molecular formula is C57H90N12O10. The largest absolute Gasteiger partial charge is 0.477 e. The standard InChI is InChI=1S/C18H24N4O3.C16H20N4O3.C9H12N2O4.C9H14N2.5CH4/c1-4-21(13-14-10-8-7-9-11-14)20-17(23)16-12-15(18(24)25-6-3)19-22(16)5-2;1-3-19(11-12-8-6-5-7-9-12)18-15(21)14-10-13(16(22)23)17-20(14)4-2;1-3-11-7(8(12)13)5-6(10-11)9(14)15-4-2;1-2-11(10)8-9-6-4-3-5-7-9;;;;;/h7-12H,4-6,13H2,1-3H3,(H,20,23);5-10H,3-4,11H2,1-2H3,(H,18,21)(H,22,23);5H,3-4H2,1-2H3,(H,12,13);3-7H,2,8,10H2,1H3;5*1H4. The van der Waals surface area contributed by atoms with Crippen molar-refractivity contribution in [3.05, 3.63) is 160 Å². The monoisotopic (exact) mass is 1100 g/mol. The van der Waals surface area contributed by atoms with E-state index in [9.17, 15) is 28.8 Å². The van der Waals surface area contributed by atoms with Crippen LogP contribution in [0.2, 0.25) is 0 Å². The highest BCUT2D eigenvalue weighted by molar-refractivity contribution is 5.96. The van der Waals surface area contributed by atoms with Crippen molar-refractivity contribution in [1.82, 2.24) is 55.2 Å². The summed E-state index contributed by atoms with van der Waals surface area (Å²) in [5.41, 5.74) is 9.68. The summed E-state index contributed by atoms with van der Waals surface area (Å²) in [6, 6.07) is 33.8. The molecule has 6 N–H and O–H groups in total. The van der Waals surface area contributed by atoms with Gasteiger partial charge in [0.05, 0.1) is 13.2 Å². The molecule has 3 aromatic heterocycles. The second-order valence-electron chi connectivity index (χ2n) is 15.7. The lowest BCUT2D eigenvalue weighted by molar-refractivity contribution is 0.0509. The van der Waals surface area contributed by atoms with Gasteiger partial charge in [-0.15, -0.1) is 0 Å². The number of esters is 2. The Bertz CT molecular complexity index is 2680. The average Bonchev–Trinajstić information content (AvgIpc) is 4.18. The van der Waals surface area contributed by atoms with E-state index < -0.39 is 23.9 Å². The van der Waals surface area contributed by atoms with Gasteiger partial charge in [0.2, 0.25) is 0 Å². The molecule has 3 heterocycles. The highest BCUT2D eigenvalue weighted by Gasteiger charge is 2.22. The van der Waals surface area contributed by atoms with Crippen molar-refractivity contribution in [2.45, 2.75) is 132 Å². The number of hydrogen-bond donors (Lipinski definition) is 5. The van der Waals surface area contributed by atoms with Crippen LogP contribution in [0.3, 0.4) is 0 Å². The van der Waals surface area contributed by atoms with Crippen LogP contribution in [0.15, 0.2) is 109 Å². The molecule has 0 unspecified atom stereocenters. The lowest BCUT2D eigenvalue weighted by Crippen LogP contribution is -2.42. The minimum absolute atomic E-state index is 0. The zero-order chi connectivity index (χ0) is 54.6. The van der Waals surface area contributed by atoms with Gasteiger partial charge in [0.1, 0.15) is 17.1 Å². The van der Waals surface area contributed by atoms with Crippen LogP contribution in [0, 0.1) is 0 Å². The van der Waals surface area contributed by atoms with E-state index in [1.54, 1.807) is 37.7 Å². The van der Waals surface area contributed by atoms with Crippen LogP contribution >= 0.6 is 0 Å². The number of rotatable bonds is 22. The summed E-state index contributed by atoms with van der Waals surface area (Å²) in [4.78, 5) is 69.9. The van der Waals surface area contributed by atoms with Crippen LogP contribution in [0.5, 0.6) is 0 Å². The normalized spacial score (nSPS) is 9.87. The number of aryl methyl sites for hydroxylation is 3. The van der Waals surface area contributed by atoms with Crippen LogP contribution in [-0.2, 0) is 48.7 Å². The molecular weight excluding hydrogens is 1010 g/mol. The van der Waals surface area contributed by atoms with Crippen LogP contribution in [0.1, 0.15) is 172 Å². The molecule has 0 aliphatic carbocycles. The third-order valence-corrected chi connectivity index (χ3v) is 10.5. The zero-order valence-electron chi connectivity index (χ0n) is 43.4. The van der Waals surface area contributed by atoms with Gasteiger partial charge in [-0.2, -0.15) is 15.3 Å². The molecule has 2 amide bonds. The van der Waals surface area contributed by atoms with Crippen LogP contribution < -0.4 is 16.7 Å². The van der Waals surface area contributed by atoms with Gasteiger partial charge < -0.3 is 19.7 Å². The molecule has 3 aromatic carbocycles. The van der Waals surface area contributed by atoms with Gasteiger partial charge in [0.25, 0.3) is 11.8 Å². The molecule has 6 rings (SSSR count). The lowest BCUT2D eigenvalue weighted by atomic mass is 10.2. The number of carbonyl (C=O) groups excluding carboxylic acids is 4. The van der Waals surface area contributed by atoms with Crippen molar-refractivity contribution >= 4 is 35.7 Å². The van der Waals surface area contributed by atoms with E-state index >= 15 is 0 Å². The van der Waals surface area contributed by atoms with Crippen LogP contribution in [0.4, 0.5) is 0 Å². The molecule has 0 radical (unpaired) electrons. The number of benzene rings is 3. The fraction of sp³-hybridized carbons (Fsp3) is 0.421. The topological polar surface area (TPSA) is 275 Å². The van der Waals surface area contributed by atoms with Crippen molar-refractivity contribution in [2.24, 2.45) is 5.84 Å². The van der Waals surface area contributed by atoms with E-state index in [-0.39, 0.29) is 90.6 Å². The first-order valence-corrected chi connectivity index (χ1v) is 24.3. The summed E-state index contributed by atoms with van der Waals surface area (Å²) >= 11 is 0. The molecule has 438 valence electrons. The van der Waals surface area contributed by atoms with E-state index in [1.165, 1.54) is 37.8 Å². The van der Waals surface area contributed by atoms with Gasteiger partial charge in [-0.1, -0.05) is 149 Å². The maximum atomic E-state index is 12.6. The van der Waals surface area contributed by atoms with Crippen LogP contribution in [0.25, 0.3) is 0 Å².